The fourth-order valence-electron chi connectivity index (χ4n) is 3.50. The molecule has 1 aliphatic rings. The molecule has 2 aromatic rings. The van der Waals surface area contributed by atoms with Crippen LogP contribution >= 0.6 is 0 Å². The number of carbonyl (C=O) groups is 1. The fourth-order valence-corrected chi connectivity index (χ4v) is 3.50. The van der Waals surface area contributed by atoms with E-state index in [9.17, 15) is 4.79 Å². The Bertz CT molecular complexity index is 705. The fraction of sp³-hybridized carbons (Fsp3) is 0.474. The van der Waals surface area contributed by atoms with Crippen molar-refractivity contribution in [2.75, 3.05) is 6.54 Å². The average Bonchev–Trinajstić information content (AvgIpc) is 3.04. The molecule has 5 heteroatoms. The number of benzene rings is 1. The maximum absolute atomic E-state index is 12.8. The molecule has 5 nitrogen and oxygen atoms in total. The Hall–Kier alpha value is -2.14. The molecule has 0 spiro atoms. The van der Waals surface area contributed by atoms with Gasteiger partial charge in [0, 0.05) is 42.2 Å². The highest BCUT2D eigenvalue weighted by Gasteiger charge is 2.32. The van der Waals surface area contributed by atoms with Crippen LogP contribution in [-0.4, -0.2) is 28.7 Å². The van der Waals surface area contributed by atoms with E-state index in [4.69, 9.17) is 0 Å². The lowest BCUT2D eigenvalue weighted by atomic mass is 9.76. The van der Waals surface area contributed by atoms with Gasteiger partial charge in [-0.3, -0.25) is 9.89 Å². The first-order valence-corrected chi connectivity index (χ1v) is 8.67. The van der Waals surface area contributed by atoms with Gasteiger partial charge in [0.25, 0.3) is 5.91 Å². The van der Waals surface area contributed by atoms with Crippen molar-refractivity contribution >= 4 is 5.91 Å². The summed E-state index contributed by atoms with van der Waals surface area (Å²) in [5.41, 5.74) is 3.68. The molecule has 1 aromatic carbocycles. The third-order valence-corrected chi connectivity index (χ3v) is 5.12. The second-order valence-corrected chi connectivity index (χ2v) is 6.98. The lowest BCUT2D eigenvalue weighted by Gasteiger charge is -2.35. The molecule has 3 rings (SSSR count). The monoisotopic (exact) mass is 326 g/mol. The predicted molar refractivity (Wildman–Crippen MR) is 95.0 cm³/mol. The summed E-state index contributed by atoms with van der Waals surface area (Å²) in [6.45, 7) is 8.09. The van der Waals surface area contributed by atoms with Crippen LogP contribution in [-0.2, 0) is 18.4 Å². The first kappa shape index (κ1) is 16.7. The minimum absolute atomic E-state index is 0.0382. The summed E-state index contributed by atoms with van der Waals surface area (Å²) < 4.78 is 0. The van der Waals surface area contributed by atoms with Gasteiger partial charge in [-0.2, -0.15) is 5.10 Å². The van der Waals surface area contributed by atoms with Crippen molar-refractivity contribution in [3.05, 3.63) is 52.8 Å². The topological polar surface area (TPSA) is 69.8 Å². The normalized spacial score (nSPS) is 15.6. The second kappa shape index (κ2) is 6.77. The Morgan fingerprint density at radius 1 is 1.33 bits per heavy atom. The SMILES string of the molecule is CCC(NC(=O)c1n[nH]c2c1CNCC2)C(C)(C)c1ccccc1. The molecule has 1 unspecified atom stereocenters. The molecular weight excluding hydrogens is 300 g/mol. The zero-order valence-corrected chi connectivity index (χ0v) is 14.6. The maximum Gasteiger partial charge on any atom is 0.272 e. The van der Waals surface area contributed by atoms with Crippen LogP contribution in [0.25, 0.3) is 0 Å². The molecule has 24 heavy (non-hydrogen) atoms. The maximum atomic E-state index is 12.8. The van der Waals surface area contributed by atoms with Gasteiger partial charge >= 0.3 is 0 Å². The number of aromatic amines is 1. The van der Waals surface area contributed by atoms with Crippen LogP contribution in [0.1, 0.15) is 54.5 Å². The smallest absolute Gasteiger partial charge is 0.272 e. The van der Waals surface area contributed by atoms with E-state index in [-0.39, 0.29) is 17.4 Å². The van der Waals surface area contributed by atoms with Gasteiger partial charge in [-0.25, -0.2) is 0 Å². The molecule has 0 saturated carbocycles. The quantitative estimate of drug-likeness (QED) is 0.791. The molecule has 0 aliphatic carbocycles. The van der Waals surface area contributed by atoms with Gasteiger partial charge in [0.15, 0.2) is 5.69 Å². The van der Waals surface area contributed by atoms with Crippen LogP contribution in [0.4, 0.5) is 0 Å². The zero-order chi connectivity index (χ0) is 17.2. The highest BCUT2D eigenvalue weighted by atomic mass is 16.2. The Kier molecular flexibility index (Phi) is 4.71. The third kappa shape index (κ3) is 3.08. The number of fused-ring (bicyclic) bond motifs is 1. The summed E-state index contributed by atoms with van der Waals surface area (Å²) in [7, 11) is 0. The number of hydrogen-bond donors (Lipinski definition) is 3. The minimum Gasteiger partial charge on any atom is -0.347 e. The second-order valence-electron chi connectivity index (χ2n) is 6.98. The first-order chi connectivity index (χ1) is 11.5. The highest BCUT2D eigenvalue weighted by Crippen LogP contribution is 2.29. The van der Waals surface area contributed by atoms with Gasteiger partial charge < -0.3 is 10.6 Å². The number of nitrogens with zero attached hydrogens (tertiary/aromatic N) is 1. The molecule has 1 aromatic heterocycles. The van der Waals surface area contributed by atoms with E-state index in [2.05, 4.69) is 53.7 Å². The van der Waals surface area contributed by atoms with Gasteiger partial charge in [0.05, 0.1) is 0 Å². The van der Waals surface area contributed by atoms with E-state index in [1.54, 1.807) is 0 Å². The molecule has 2 heterocycles. The van der Waals surface area contributed by atoms with E-state index >= 15 is 0 Å². The van der Waals surface area contributed by atoms with E-state index in [1.807, 2.05) is 18.2 Å². The number of nitrogens with one attached hydrogen (secondary N) is 3. The average molecular weight is 326 g/mol. The number of carbonyl (C=O) groups excluding carboxylic acids is 1. The number of rotatable bonds is 5. The summed E-state index contributed by atoms with van der Waals surface area (Å²) in [5, 5.41) is 13.8. The molecule has 1 amide bonds. The predicted octanol–water partition coefficient (Wildman–Crippen LogP) is 2.54. The number of hydrogen-bond acceptors (Lipinski definition) is 3. The van der Waals surface area contributed by atoms with E-state index in [1.165, 1.54) is 5.56 Å². The van der Waals surface area contributed by atoms with Crippen molar-refractivity contribution < 1.29 is 4.79 Å². The van der Waals surface area contributed by atoms with Gasteiger partial charge in [-0.15, -0.1) is 0 Å². The molecular formula is C19H26N4O. The summed E-state index contributed by atoms with van der Waals surface area (Å²) >= 11 is 0. The van der Waals surface area contributed by atoms with E-state index in [0.717, 1.165) is 30.6 Å². The van der Waals surface area contributed by atoms with Crippen molar-refractivity contribution in [1.29, 1.82) is 0 Å². The van der Waals surface area contributed by atoms with Crippen LogP contribution in [0, 0.1) is 0 Å². The largest absolute Gasteiger partial charge is 0.347 e. The van der Waals surface area contributed by atoms with Crippen molar-refractivity contribution in [2.24, 2.45) is 0 Å². The van der Waals surface area contributed by atoms with Gasteiger partial charge in [0.1, 0.15) is 0 Å². The third-order valence-electron chi connectivity index (χ3n) is 5.12. The van der Waals surface area contributed by atoms with Crippen molar-refractivity contribution in [2.45, 2.75) is 51.6 Å². The first-order valence-electron chi connectivity index (χ1n) is 8.67. The zero-order valence-electron chi connectivity index (χ0n) is 14.6. The Morgan fingerprint density at radius 2 is 2.08 bits per heavy atom. The highest BCUT2D eigenvalue weighted by molar-refractivity contribution is 5.94. The molecule has 0 radical (unpaired) electrons. The lowest BCUT2D eigenvalue weighted by Crippen LogP contribution is -2.47. The minimum atomic E-state index is -0.152. The standard InChI is InChI=1S/C19H26N4O/c1-4-16(19(2,3)13-8-6-5-7-9-13)21-18(24)17-14-12-20-11-10-15(14)22-23-17/h5-9,16,20H,4,10-12H2,1-3H3,(H,21,24)(H,22,23). The molecule has 1 atom stereocenters. The molecule has 0 saturated heterocycles. The van der Waals surface area contributed by atoms with E-state index in [0.29, 0.717) is 12.2 Å². The van der Waals surface area contributed by atoms with Crippen LogP contribution in [0.2, 0.25) is 0 Å². The molecule has 3 N–H and O–H groups in total. The van der Waals surface area contributed by atoms with Crippen LogP contribution in [0.5, 0.6) is 0 Å². The Morgan fingerprint density at radius 3 is 2.79 bits per heavy atom. The summed E-state index contributed by atoms with van der Waals surface area (Å²) in [5.74, 6) is -0.0907. The van der Waals surface area contributed by atoms with Crippen LogP contribution in [0.3, 0.4) is 0 Å². The van der Waals surface area contributed by atoms with Crippen molar-refractivity contribution in [1.82, 2.24) is 20.8 Å². The number of aromatic nitrogens is 2. The van der Waals surface area contributed by atoms with Crippen LogP contribution in [0.15, 0.2) is 30.3 Å². The number of amides is 1. The molecule has 0 bridgehead atoms. The molecule has 1 aliphatic heterocycles. The summed E-state index contributed by atoms with van der Waals surface area (Å²) in [4.78, 5) is 12.8. The summed E-state index contributed by atoms with van der Waals surface area (Å²) in [6.07, 6.45) is 1.75. The van der Waals surface area contributed by atoms with Crippen molar-refractivity contribution in [3.63, 3.8) is 0 Å². The van der Waals surface area contributed by atoms with Gasteiger partial charge in [-0.1, -0.05) is 51.1 Å². The summed E-state index contributed by atoms with van der Waals surface area (Å²) in [6, 6.07) is 10.4. The molecule has 128 valence electrons. The number of H-pyrrole nitrogens is 1. The molecule has 0 fully saturated rings. The lowest BCUT2D eigenvalue weighted by molar-refractivity contribution is 0.0910. The van der Waals surface area contributed by atoms with Crippen LogP contribution < -0.4 is 10.6 Å². The van der Waals surface area contributed by atoms with Gasteiger partial charge in [0.2, 0.25) is 0 Å². The Labute approximate surface area is 143 Å². The van der Waals surface area contributed by atoms with E-state index < -0.39 is 0 Å². The Balaban J connectivity index is 1.80. The van der Waals surface area contributed by atoms with Gasteiger partial charge in [-0.05, 0) is 12.0 Å². The van der Waals surface area contributed by atoms with Crippen molar-refractivity contribution in [3.8, 4) is 0 Å².